The van der Waals surface area contributed by atoms with Gasteiger partial charge >= 0.3 is 12.2 Å². The van der Waals surface area contributed by atoms with E-state index in [0.717, 1.165) is 12.1 Å². The molecule has 1 aliphatic heterocycles. The van der Waals surface area contributed by atoms with Crippen LogP contribution in [0, 0.1) is 0 Å². The van der Waals surface area contributed by atoms with Crippen LogP contribution in [0.25, 0.3) is 0 Å². The van der Waals surface area contributed by atoms with Crippen LogP contribution in [0.4, 0.5) is 23.7 Å². The summed E-state index contributed by atoms with van der Waals surface area (Å²) < 4.78 is 38.7. The molecule has 0 unspecified atom stereocenters. The van der Waals surface area contributed by atoms with Gasteiger partial charge in [-0.2, -0.15) is 13.2 Å². The van der Waals surface area contributed by atoms with Gasteiger partial charge in [-0.05, 0) is 18.2 Å². The number of imide groups is 1. The summed E-state index contributed by atoms with van der Waals surface area (Å²) >= 11 is 2.92. The lowest BCUT2D eigenvalue weighted by molar-refractivity contribution is -0.137. The minimum Gasteiger partial charge on any atom is -0.328 e. The summed E-state index contributed by atoms with van der Waals surface area (Å²) in [5, 5.41) is 2.17. The Morgan fingerprint density at radius 2 is 1.94 bits per heavy atom. The molecule has 8 heteroatoms. The minimum atomic E-state index is -4.65. The van der Waals surface area contributed by atoms with Crippen molar-refractivity contribution in [1.29, 1.82) is 0 Å². The molecule has 4 nitrogen and oxygen atoms in total. The third-order valence-electron chi connectivity index (χ3n) is 2.35. The molecule has 1 aromatic carbocycles. The molecule has 18 heavy (non-hydrogen) atoms. The maximum Gasteiger partial charge on any atom is 0.418 e. The second-order valence-electron chi connectivity index (χ2n) is 3.55. The maximum atomic E-state index is 12.8. The largest absolute Gasteiger partial charge is 0.418 e. The van der Waals surface area contributed by atoms with E-state index in [9.17, 15) is 22.8 Å². The second kappa shape index (κ2) is 4.27. The molecule has 1 heterocycles. The molecule has 1 aromatic rings. The Bertz CT molecular complexity index is 514. The zero-order chi connectivity index (χ0) is 13.5. The van der Waals surface area contributed by atoms with Crippen LogP contribution in [-0.4, -0.2) is 18.5 Å². The number of nitrogens with zero attached hydrogens (tertiary/aromatic N) is 1. The standard InChI is InChI=1S/C10H6BrF3N2O2/c11-5-1-2-7(6(3-5)10(12,13)14)16-8(17)4-15-9(16)18/h1-3H,4H2,(H,15,18). The molecule has 2 rings (SSSR count). The first-order valence-corrected chi connectivity index (χ1v) is 5.57. The number of urea groups is 1. The van der Waals surface area contributed by atoms with Crippen LogP contribution in [0.3, 0.4) is 0 Å². The van der Waals surface area contributed by atoms with Crippen LogP contribution in [-0.2, 0) is 11.0 Å². The summed E-state index contributed by atoms with van der Waals surface area (Å²) in [4.78, 5) is 23.3. The molecule has 1 fully saturated rings. The van der Waals surface area contributed by atoms with Gasteiger partial charge in [-0.25, -0.2) is 9.69 Å². The fourth-order valence-electron chi connectivity index (χ4n) is 1.60. The zero-order valence-electron chi connectivity index (χ0n) is 8.71. The van der Waals surface area contributed by atoms with Crippen molar-refractivity contribution in [2.24, 2.45) is 0 Å². The van der Waals surface area contributed by atoms with Gasteiger partial charge in [-0.1, -0.05) is 15.9 Å². The van der Waals surface area contributed by atoms with Crippen LogP contribution in [0.2, 0.25) is 0 Å². The molecule has 0 aliphatic carbocycles. The van der Waals surface area contributed by atoms with Gasteiger partial charge in [0.2, 0.25) is 0 Å². The van der Waals surface area contributed by atoms with Crippen LogP contribution in [0.1, 0.15) is 5.56 Å². The van der Waals surface area contributed by atoms with E-state index in [4.69, 9.17) is 0 Å². The highest BCUT2D eigenvalue weighted by Crippen LogP contribution is 2.38. The van der Waals surface area contributed by atoms with Crippen molar-refractivity contribution in [3.63, 3.8) is 0 Å². The molecule has 0 bridgehead atoms. The fraction of sp³-hybridized carbons (Fsp3) is 0.200. The Morgan fingerprint density at radius 1 is 1.28 bits per heavy atom. The van der Waals surface area contributed by atoms with Crippen LogP contribution < -0.4 is 10.2 Å². The number of nitrogens with one attached hydrogen (secondary N) is 1. The van der Waals surface area contributed by atoms with Crippen LogP contribution >= 0.6 is 15.9 Å². The minimum absolute atomic E-state index is 0.214. The number of hydrogen-bond acceptors (Lipinski definition) is 2. The maximum absolute atomic E-state index is 12.8. The lowest BCUT2D eigenvalue weighted by atomic mass is 10.1. The summed E-state index contributed by atoms with van der Waals surface area (Å²) in [6, 6.07) is 2.39. The molecule has 0 spiro atoms. The normalized spacial score (nSPS) is 16.1. The Kier molecular flexibility index (Phi) is 3.05. The summed E-state index contributed by atoms with van der Waals surface area (Å²) in [7, 11) is 0. The highest BCUT2D eigenvalue weighted by atomic mass is 79.9. The monoisotopic (exact) mass is 322 g/mol. The Morgan fingerprint density at radius 3 is 2.44 bits per heavy atom. The van der Waals surface area contributed by atoms with E-state index in [2.05, 4.69) is 21.2 Å². The van der Waals surface area contributed by atoms with Gasteiger partial charge in [-0.3, -0.25) is 4.79 Å². The molecule has 0 atom stereocenters. The molecule has 1 N–H and O–H groups in total. The highest BCUT2D eigenvalue weighted by Gasteiger charge is 2.39. The van der Waals surface area contributed by atoms with Crippen molar-refractivity contribution >= 4 is 33.6 Å². The van der Waals surface area contributed by atoms with E-state index >= 15 is 0 Å². The van der Waals surface area contributed by atoms with E-state index in [1.165, 1.54) is 6.07 Å². The molecule has 0 radical (unpaired) electrons. The summed E-state index contributed by atoms with van der Waals surface area (Å²) in [6.07, 6.45) is -4.65. The van der Waals surface area contributed by atoms with Gasteiger partial charge in [0.1, 0.15) is 0 Å². The van der Waals surface area contributed by atoms with Gasteiger partial charge in [0, 0.05) is 4.47 Å². The predicted molar refractivity (Wildman–Crippen MR) is 60.0 cm³/mol. The lowest BCUT2D eigenvalue weighted by Gasteiger charge is -2.18. The van der Waals surface area contributed by atoms with Gasteiger partial charge < -0.3 is 5.32 Å². The van der Waals surface area contributed by atoms with E-state index in [-0.39, 0.29) is 11.0 Å². The van der Waals surface area contributed by atoms with E-state index < -0.39 is 29.4 Å². The molecule has 96 valence electrons. The van der Waals surface area contributed by atoms with Crippen molar-refractivity contribution in [3.05, 3.63) is 28.2 Å². The Labute approximate surface area is 108 Å². The molecule has 0 aromatic heterocycles. The molecular formula is C10H6BrF3N2O2. The van der Waals surface area contributed by atoms with Gasteiger partial charge in [0.05, 0.1) is 17.8 Å². The van der Waals surface area contributed by atoms with Crippen molar-refractivity contribution in [2.75, 3.05) is 11.4 Å². The molecular weight excluding hydrogens is 317 g/mol. The topological polar surface area (TPSA) is 49.4 Å². The number of amides is 3. The predicted octanol–water partition coefficient (Wildman–Crippen LogP) is 2.52. The lowest BCUT2D eigenvalue weighted by Crippen LogP contribution is -2.32. The van der Waals surface area contributed by atoms with Gasteiger partial charge in [0.25, 0.3) is 5.91 Å². The first-order valence-electron chi connectivity index (χ1n) is 4.78. The van der Waals surface area contributed by atoms with Crippen LogP contribution in [0.15, 0.2) is 22.7 Å². The van der Waals surface area contributed by atoms with E-state index in [0.29, 0.717) is 4.90 Å². The first-order chi connectivity index (χ1) is 8.30. The van der Waals surface area contributed by atoms with Crippen molar-refractivity contribution in [3.8, 4) is 0 Å². The average molecular weight is 323 g/mol. The number of alkyl halides is 3. The number of anilines is 1. The third-order valence-corrected chi connectivity index (χ3v) is 2.84. The second-order valence-corrected chi connectivity index (χ2v) is 4.46. The van der Waals surface area contributed by atoms with E-state index in [1.807, 2.05) is 0 Å². The average Bonchev–Trinajstić information content (AvgIpc) is 2.58. The summed E-state index contributed by atoms with van der Waals surface area (Å²) in [5.41, 5.74) is -1.51. The van der Waals surface area contributed by atoms with Gasteiger partial charge in [-0.15, -0.1) is 0 Å². The highest BCUT2D eigenvalue weighted by molar-refractivity contribution is 9.10. The van der Waals surface area contributed by atoms with Crippen LogP contribution in [0.5, 0.6) is 0 Å². The van der Waals surface area contributed by atoms with Gasteiger partial charge in [0.15, 0.2) is 0 Å². The van der Waals surface area contributed by atoms with Crippen molar-refractivity contribution < 1.29 is 22.8 Å². The number of hydrogen-bond donors (Lipinski definition) is 1. The number of carbonyl (C=O) groups is 2. The number of rotatable bonds is 1. The van der Waals surface area contributed by atoms with Crippen molar-refractivity contribution in [2.45, 2.75) is 6.18 Å². The quantitative estimate of drug-likeness (QED) is 0.808. The number of benzene rings is 1. The number of halogens is 4. The molecule has 0 saturated carbocycles. The summed E-state index contributed by atoms with van der Waals surface area (Å²) in [5.74, 6) is -0.715. The SMILES string of the molecule is O=C1CNC(=O)N1c1ccc(Br)cc1C(F)(F)F. The smallest absolute Gasteiger partial charge is 0.328 e. The zero-order valence-corrected chi connectivity index (χ0v) is 10.3. The molecule has 1 saturated heterocycles. The van der Waals surface area contributed by atoms with E-state index in [1.54, 1.807) is 0 Å². The Balaban J connectivity index is 2.57. The molecule has 3 amide bonds. The first kappa shape index (κ1) is 12.9. The summed E-state index contributed by atoms with van der Waals surface area (Å²) in [6.45, 7) is -0.299. The Hall–Kier alpha value is -1.57. The fourth-order valence-corrected chi connectivity index (χ4v) is 1.96. The van der Waals surface area contributed by atoms with Crippen molar-refractivity contribution in [1.82, 2.24) is 5.32 Å². The third kappa shape index (κ3) is 2.20. The molecule has 1 aliphatic rings. The number of carbonyl (C=O) groups excluding carboxylic acids is 2.